The van der Waals surface area contributed by atoms with E-state index in [0.717, 1.165) is 11.6 Å². The molecular weight excluding hydrogens is 487 g/mol. The Kier molecular flexibility index (Phi) is 7.42. The third-order valence-electron chi connectivity index (χ3n) is 4.61. The second-order valence-electron chi connectivity index (χ2n) is 7.22. The van der Waals surface area contributed by atoms with E-state index in [2.05, 4.69) is 5.32 Å². The number of nitro benzene ring substituents is 1. The molecule has 0 heterocycles. The standard InChI is InChI=1S/C24H15ClF3N3O4/c1-14-3-2-4-18(9-14)30-23(32)16(13-29)10-15-5-7-21(19(25)11-15)35-22-8-6-17(24(26,27)28)12-20(22)31(33)34/h2-12H,1H3,(H,30,32)/b16-10-. The number of hydrogen-bond donors (Lipinski definition) is 1. The maximum atomic E-state index is 12.9. The van der Waals surface area contributed by atoms with Gasteiger partial charge in [-0.25, -0.2) is 0 Å². The lowest BCUT2D eigenvalue weighted by Gasteiger charge is -2.11. The molecule has 0 radical (unpaired) electrons. The van der Waals surface area contributed by atoms with Crippen LogP contribution in [0.4, 0.5) is 24.5 Å². The number of carbonyl (C=O) groups is 1. The molecule has 11 heteroatoms. The van der Waals surface area contributed by atoms with E-state index in [1.807, 2.05) is 13.0 Å². The Morgan fingerprint density at radius 2 is 1.86 bits per heavy atom. The number of carbonyl (C=O) groups excluding carboxylic acids is 1. The summed E-state index contributed by atoms with van der Waals surface area (Å²) in [6, 6.07) is 14.7. The van der Waals surface area contributed by atoms with Crippen LogP contribution in [0.15, 0.2) is 66.2 Å². The highest BCUT2D eigenvalue weighted by molar-refractivity contribution is 6.32. The van der Waals surface area contributed by atoms with Crippen molar-refractivity contribution in [2.75, 3.05) is 5.32 Å². The van der Waals surface area contributed by atoms with Crippen LogP contribution in [0, 0.1) is 28.4 Å². The van der Waals surface area contributed by atoms with E-state index in [1.165, 1.54) is 24.3 Å². The van der Waals surface area contributed by atoms with Crippen LogP contribution < -0.4 is 10.1 Å². The molecule has 3 rings (SSSR count). The normalized spacial score (nSPS) is 11.5. The smallest absolute Gasteiger partial charge is 0.416 e. The van der Waals surface area contributed by atoms with Gasteiger partial charge in [-0.1, -0.05) is 29.8 Å². The second kappa shape index (κ2) is 10.3. The van der Waals surface area contributed by atoms with Crippen molar-refractivity contribution in [3.63, 3.8) is 0 Å². The van der Waals surface area contributed by atoms with E-state index in [0.29, 0.717) is 23.4 Å². The van der Waals surface area contributed by atoms with E-state index in [-0.39, 0.29) is 16.3 Å². The molecule has 0 saturated heterocycles. The zero-order valence-corrected chi connectivity index (χ0v) is 18.6. The number of amides is 1. The predicted molar refractivity (Wildman–Crippen MR) is 123 cm³/mol. The van der Waals surface area contributed by atoms with Gasteiger partial charge in [0.1, 0.15) is 17.4 Å². The van der Waals surface area contributed by atoms with Crippen LogP contribution in [0.2, 0.25) is 5.02 Å². The number of anilines is 1. The number of benzene rings is 3. The summed E-state index contributed by atoms with van der Waals surface area (Å²) in [5.41, 5.74) is -0.526. The summed E-state index contributed by atoms with van der Waals surface area (Å²) in [6.07, 6.45) is -3.49. The molecule has 1 amide bonds. The van der Waals surface area contributed by atoms with E-state index in [9.17, 15) is 33.3 Å². The van der Waals surface area contributed by atoms with Gasteiger partial charge < -0.3 is 10.1 Å². The van der Waals surface area contributed by atoms with E-state index < -0.39 is 34.0 Å². The summed E-state index contributed by atoms with van der Waals surface area (Å²) in [7, 11) is 0. The molecule has 178 valence electrons. The Bertz CT molecular complexity index is 1380. The van der Waals surface area contributed by atoms with Gasteiger partial charge in [0, 0.05) is 11.8 Å². The Morgan fingerprint density at radius 3 is 2.46 bits per heavy atom. The van der Waals surface area contributed by atoms with E-state index in [1.54, 1.807) is 24.3 Å². The molecule has 0 unspecified atom stereocenters. The van der Waals surface area contributed by atoms with Crippen molar-refractivity contribution < 1.29 is 27.6 Å². The average Bonchev–Trinajstić information content (AvgIpc) is 2.78. The number of ether oxygens (including phenoxy) is 1. The van der Waals surface area contributed by atoms with Gasteiger partial charge in [-0.2, -0.15) is 18.4 Å². The third kappa shape index (κ3) is 6.37. The molecule has 0 bridgehead atoms. The third-order valence-corrected chi connectivity index (χ3v) is 4.91. The number of nitrogens with one attached hydrogen (secondary N) is 1. The molecule has 1 N–H and O–H groups in total. The van der Waals surface area contributed by atoms with Gasteiger partial charge in [0.15, 0.2) is 0 Å². The fourth-order valence-electron chi connectivity index (χ4n) is 2.97. The van der Waals surface area contributed by atoms with Gasteiger partial charge in [0.2, 0.25) is 5.75 Å². The van der Waals surface area contributed by atoms with Crippen LogP contribution in [-0.2, 0) is 11.0 Å². The quantitative estimate of drug-likeness (QED) is 0.171. The molecular formula is C24H15ClF3N3O4. The molecule has 0 aliphatic carbocycles. The van der Waals surface area contributed by atoms with Gasteiger partial charge in [-0.15, -0.1) is 0 Å². The molecule has 0 spiro atoms. The second-order valence-corrected chi connectivity index (χ2v) is 7.63. The van der Waals surface area contributed by atoms with Gasteiger partial charge in [0.25, 0.3) is 5.91 Å². The average molecular weight is 502 g/mol. The highest BCUT2D eigenvalue weighted by Gasteiger charge is 2.33. The maximum Gasteiger partial charge on any atom is 0.416 e. The lowest BCUT2D eigenvalue weighted by atomic mass is 10.1. The Balaban J connectivity index is 1.84. The first-order valence-corrected chi connectivity index (χ1v) is 10.2. The predicted octanol–water partition coefficient (Wildman–Crippen LogP) is 6.91. The first kappa shape index (κ1) is 25.3. The fraction of sp³-hybridized carbons (Fsp3) is 0.0833. The minimum atomic E-state index is -4.76. The van der Waals surface area contributed by atoms with Crippen LogP contribution in [-0.4, -0.2) is 10.8 Å². The molecule has 0 atom stereocenters. The molecule has 0 aromatic heterocycles. The minimum Gasteiger partial charge on any atom is -0.449 e. The van der Waals surface area contributed by atoms with Crippen molar-refractivity contribution in [2.24, 2.45) is 0 Å². The summed E-state index contributed by atoms with van der Waals surface area (Å²) in [4.78, 5) is 22.7. The Morgan fingerprint density at radius 1 is 1.14 bits per heavy atom. The zero-order chi connectivity index (χ0) is 25.8. The highest BCUT2D eigenvalue weighted by Crippen LogP contribution is 2.39. The monoisotopic (exact) mass is 501 g/mol. The van der Waals surface area contributed by atoms with Gasteiger partial charge >= 0.3 is 11.9 Å². The molecule has 0 aliphatic heterocycles. The highest BCUT2D eigenvalue weighted by atomic mass is 35.5. The van der Waals surface area contributed by atoms with Crippen LogP contribution in [0.1, 0.15) is 16.7 Å². The molecule has 0 aliphatic rings. The van der Waals surface area contributed by atoms with Crippen LogP contribution in [0.5, 0.6) is 11.5 Å². The van der Waals surface area contributed by atoms with Gasteiger partial charge in [-0.05, 0) is 60.5 Å². The molecule has 0 fully saturated rings. The summed E-state index contributed by atoms with van der Waals surface area (Å²) >= 11 is 6.18. The minimum absolute atomic E-state index is 0.0515. The number of hydrogen-bond acceptors (Lipinski definition) is 5. The molecule has 35 heavy (non-hydrogen) atoms. The number of halogens is 4. The van der Waals surface area contributed by atoms with E-state index in [4.69, 9.17) is 16.3 Å². The lowest BCUT2D eigenvalue weighted by molar-refractivity contribution is -0.385. The lowest BCUT2D eigenvalue weighted by Crippen LogP contribution is -2.13. The fourth-order valence-corrected chi connectivity index (χ4v) is 3.19. The number of nitro groups is 1. The van der Waals surface area contributed by atoms with Crippen LogP contribution in [0.3, 0.4) is 0 Å². The molecule has 7 nitrogen and oxygen atoms in total. The van der Waals surface area contributed by atoms with Crippen molar-refractivity contribution in [2.45, 2.75) is 13.1 Å². The van der Waals surface area contributed by atoms with Crippen molar-refractivity contribution in [1.29, 1.82) is 5.26 Å². The SMILES string of the molecule is Cc1cccc(NC(=O)/C(C#N)=C\c2ccc(Oc3ccc(C(F)(F)F)cc3[N+](=O)[O-])c(Cl)c2)c1. The summed E-state index contributed by atoms with van der Waals surface area (Å²) in [5, 5.41) is 23.2. The molecule has 3 aromatic carbocycles. The first-order chi connectivity index (χ1) is 16.5. The largest absolute Gasteiger partial charge is 0.449 e. The number of alkyl halides is 3. The Labute approximate surface area is 202 Å². The van der Waals surface area contributed by atoms with Crippen molar-refractivity contribution >= 4 is 35.0 Å². The first-order valence-electron chi connectivity index (χ1n) is 9.81. The van der Waals surface area contributed by atoms with E-state index >= 15 is 0 Å². The van der Waals surface area contributed by atoms with Crippen LogP contribution >= 0.6 is 11.6 Å². The van der Waals surface area contributed by atoms with Gasteiger partial charge in [-0.3, -0.25) is 14.9 Å². The number of rotatable bonds is 6. The summed E-state index contributed by atoms with van der Waals surface area (Å²) in [6.45, 7) is 1.85. The van der Waals surface area contributed by atoms with Crippen molar-refractivity contribution in [3.05, 3.63) is 98.1 Å². The van der Waals surface area contributed by atoms with Crippen LogP contribution in [0.25, 0.3) is 6.08 Å². The number of nitriles is 1. The summed E-state index contributed by atoms with van der Waals surface area (Å²) in [5.74, 6) is -1.16. The molecule has 0 saturated carbocycles. The van der Waals surface area contributed by atoms with Crippen molar-refractivity contribution in [3.8, 4) is 17.6 Å². The number of aryl methyl sites for hydroxylation is 1. The van der Waals surface area contributed by atoms with Gasteiger partial charge in [0.05, 0.1) is 15.5 Å². The summed E-state index contributed by atoms with van der Waals surface area (Å²) < 4.78 is 44.0. The van der Waals surface area contributed by atoms with Crippen molar-refractivity contribution in [1.82, 2.24) is 0 Å². The topological polar surface area (TPSA) is 105 Å². The maximum absolute atomic E-state index is 12.9. The Hall–Kier alpha value is -4.36. The number of nitrogens with zero attached hydrogens (tertiary/aromatic N) is 2. The molecule has 3 aromatic rings. The zero-order valence-electron chi connectivity index (χ0n) is 17.9.